The first-order chi connectivity index (χ1) is 9.34. The second-order valence-corrected chi connectivity index (χ2v) is 4.19. The molecule has 2 nitrogen and oxygen atoms in total. The molecule has 0 aliphatic heterocycles. The van der Waals surface area contributed by atoms with Crippen molar-refractivity contribution in [3.8, 4) is 0 Å². The van der Waals surface area contributed by atoms with Crippen molar-refractivity contribution in [3.05, 3.63) is 78.1 Å². The third-order valence-corrected chi connectivity index (χ3v) is 2.72. The largest absolute Gasteiger partial charge is 0.434 e. The zero-order valence-corrected chi connectivity index (χ0v) is 10.7. The van der Waals surface area contributed by atoms with Crippen molar-refractivity contribution < 1.29 is 9.53 Å². The quantitative estimate of drug-likeness (QED) is 0.597. The summed E-state index contributed by atoms with van der Waals surface area (Å²) in [6, 6.07) is 19.6. The van der Waals surface area contributed by atoms with Gasteiger partial charge in [0.2, 0.25) is 0 Å². The number of carbonyl (C=O) groups is 1. The fraction of sp³-hybridized carbons (Fsp3) is 0.118. The molecule has 0 heterocycles. The van der Waals surface area contributed by atoms with Gasteiger partial charge in [-0.05, 0) is 23.6 Å². The van der Waals surface area contributed by atoms with E-state index < -0.39 is 0 Å². The summed E-state index contributed by atoms with van der Waals surface area (Å²) in [5.74, 6) is -0.212. The highest BCUT2D eigenvalue weighted by Crippen LogP contribution is 2.05. The molecule has 0 unspecified atom stereocenters. The van der Waals surface area contributed by atoms with Crippen molar-refractivity contribution in [2.45, 2.75) is 12.8 Å². The summed E-state index contributed by atoms with van der Waals surface area (Å²) in [4.78, 5) is 11.5. The van der Waals surface area contributed by atoms with Gasteiger partial charge >= 0.3 is 5.97 Å². The molecule has 0 fully saturated rings. The molecule has 2 aromatic rings. The first-order valence-electron chi connectivity index (χ1n) is 6.29. The van der Waals surface area contributed by atoms with E-state index in [0.717, 1.165) is 11.1 Å². The Bertz CT molecular complexity index is 530. The zero-order valence-electron chi connectivity index (χ0n) is 10.7. The van der Waals surface area contributed by atoms with Gasteiger partial charge in [-0.15, -0.1) is 0 Å². The number of ether oxygens (including phenoxy) is 1. The second kappa shape index (κ2) is 7.17. The van der Waals surface area contributed by atoms with Gasteiger partial charge in [0.1, 0.15) is 0 Å². The van der Waals surface area contributed by atoms with Crippen LogP contribution in [0.1, 0.15) is 17.5 Å². The van der Waals surface area contributed by atoms with Crippen molar-refractivity contribution in [3.63, 3.8) is 0 Å². The van der Waals surface area contributed by atoms with E-state index in [4.69, 9.17) is 4.74 Å². The van der Waals surface area contributed by atoms with Crippen LogP contribution < -0.4 is 0 Å². The van der Waals surface area contributed by atoms with Crippen molar-refractivity contribution in [2.24, 2.45) is 0 Å². The van der Waals surface area contributed by atoms with Crippen LogP contribution in [0.2, 0.25) is 0 Å². The summed E-state index contributed by atoms with van der Waals surface area (Å²) in [6.07, 6.45) is 4.32. The van der Waals surface area contributed by atoms with Crippen LogP contribution in [0.5, 0.6) is 0 Å². The summed E-state index contributed by atoms with van der Waals surface area (Å²) >= 11 is 0. The van der Waals surface area contributed by atoms with Crippen LogP contribution in [0.25, 0.3) is 6.08 Å². The summed E-state index contributed by atoms with van der Waals surface area (Å²) in [5, 5.41) is 0. The van der Waals surface area contributed by atoms with Gasteiger partial charge in [-0.3, -0.25) is 4.79 Å². The number of esters is 1. The Kier molecular flexibility index (Phi) is 4.94. The van der Waals surface area contributed by atoms with Gasteiger partial charge in [0, 0.05) is 6.42 Å². The predicted octanol–water partition coefficient (Wildman–Crippen LogP) is 3.83. The first-order valence-corrected chi connectivity index (χ1v) is 6.29. The van der Waals surface area contributed by atoms with Crippen molar-refractivity contribution in [1.82, 2.24) is 0 Å². The van der Waals surface area contributed by atoms with Crippen LogP contribution in [-0.4, -0.2) is 5.97 Å². The Labute approximate surface area is 113 Å². The zero-order chi connectivity index (χ0) is 13.3. The Balaban J connectivity index is 1.75. The molecule has 96 valence electrons. The van der Waals surface area contributed by atoms with Crippen LogP contribution in [0.3, 0.4) is 0 Å². The lowest BCUT2D eigenvalue weighted by Gasteiger charge is -2.00. The summed E-state index contributed by atoms with van der Waals surface area (Å²) < 4.78 is 5.05. The summed E-state index contributed by atoms with van der Waals surface area (Å²) in [7, 11) is 0. The highest BCUT2D eigenvalue weighted by molar-refractivity contribution is 5.71. The number of aryl methyl sites for hydroxylation is 1. The molecule has 2 heteroatoms. The molecule has 0 bridgehead atoms. The molecule has 2 rings (SSSR count). The van der Waals surface area contributed by atoms with Gasteiger partial charge in [-0.25, -0.2) is 0 Å². The van der Waals surface area contributed by atoms with Crippen LogP contribution in [0.4, 0.5) is 0 Å². The lowest BCUT2D eigenvalue weighted by molar-refractivity contribution is -0.137. The van der Waals surface area contributed by atoms with E-state index >= 15 is 0 Å². The molecule has 0 N–H and O–H groups in total. The minimum absolute atomic E-state index is 0.212. The summed E-state index contributed by atoms with van der Waals surface area (Å²) in [5.41, 5.74) is 2.16. The Morgan fingerprint density at radius 3 is 2.26 bits per heavy atom. The van der Waals surface area contributed by atoms with Gasteiger partial charge in [0.25, 0.3) is 0 Å². The molecule has 0 saturated carbocycles. The molecule has 0 aliphatic rings. The lowest BCUT2D eigenvalue weighted by Crippen LogP contribution is -2.01. The highest BCUT2D eigenvalue weighted by Gasteiger charge is 2.01. The number of hydrogen-bond acceptors (Lipinski definition) is 2. The van der Waals surface area contributed by atoms with E-state index in [-0.39, 0.29) is 5.97 Å². The molecule has 0 saturated heterocycles. The average Bonchev–Trinajstić information content (AvgIpc) is 2.47. The van der Waals surface area contributed by atoms with Crippen LogP contribution >= 0.6 is 0 Å². The number of rotatable bonds is 5. The molecule has 0 spiro atoms. The van der Waals surface area contributed by atoms with E-state index in [1.54, 1.807) is 6.08 Å². The third kappa shape index (κ3) is 4.80. The van der Waals surface area contributed by atoms with Crippen LogP contribution in [-0.2, 0) is 16.0 Å². The van der Waals surface area contributed by atoms with Crippen LogP contribution in [0, 0.1) is 0 Å². The average molecular weight is 252 g/mol. The van der Waals surface area contributed by atoms with Crippen molar-refractivity contribution >= 4 is 12.0 Å². The Hall–Kier alpha value is -2.35. The van der Waals surface area contributed by atoms with Crippen molar-refractivity contribution in [1.29, 1.82) is 0 Å². The smallest absolute Gasteiger partial charge is 0.310 e. The molecular formula is C17H16O2. The standard InChI is InChI=1S/C17H16O2/c18-17(12-11-15-7-3-1-4-8-15)19-14-13-16-9-5-2-6-10-16/h1-10,13-14H,11-12H2/b14-13-. The SMILES string of the molecule is O=C(CCc1ccccc1)O/C=C\c1ccccc1. The molecule has 2 aromatic carbocycles. The monoisotopic (exact) mass is 252 g/mol. The molecular weight excluding hydrogens is 236 g/mol. The lowest BCUT2D eigenvalue weighted by atomic mass is 10.1. The van der Waals surface area contributed by atoms with E-state index in [2.05, 4.69) is 0 Å². The van der Waals surface area contributed by atoms with Gasteiger partial charge in [-0.2, -0.15) is 0 Å². The number of carbonyl (C=O) groups excluding carboxylic acids is 1. The maximum Gasteiger partial charge on any atom is 0.310 e. The molecule has 19 heavy (non-hydrogen) atoms. The third-order valence-electron chi connectivity index (χ3n) is 2.72. The maximum atomic E-state index is 11.5. The fourth-order valence-electron chi connectivity index (χ4n) is 1.70. The van der Waals surface area contributed by atoms with Crippen molar-refractivity contribution in [2.75, 3.05) is 0 Å². The second-order valence-electron chi connectivity index (χ2n) is 4.19. The Morgan fingerprint density at radius 2 is 1.58 bits per heavy atom. The highest BCUT2D eigenvalue weighted by atomic mass is 16.5. The minimum Gasteiger partial charge on any atom is -0.434 e. The molecule has 0 atom stereocenters. The van der Waals surface area contributed by atoms with E-state index in [1.165, 1.54) is 6.26 Å². The van der Waals surface area contributed by atoms with Gasteiger partial charge in [0.05, 0.1) is 6.26 Å². The van der Waals surface area contributed by atoms with E-state index in [1.807, 2.05) is 60.7 Å². The number of benzene rings is 2. The molecule has 0 aromatic heterocycles. The Morgan fingerprint density at radius 1 is 0.947 bits per heavy atom. The normalized spacial score (nSPS) is 10.5. The first kappa shape index (κ1) is 13.1. The number of hydrogen-bond donors (Lipinski definition) is 0. The van der Waals surface area contributed by atoms with Crippen LogP contribution in [0.15, 0.2) is 66.9 Å². The van der Waals surface area contributed by atoms with Gasteiger partial charge in [-0.1, -0.05) is 60.7 Å². The fourth-order valence-corrected chi connectivity index (χ4v) is 1.70. The maximum absolute atomic E-state index is 11.5. The van der Waals surface area contributed by atoms with E-state index in [9.17, 15) is 4.79 Å². The topological polar surface area (TPSA) is 26.3 Å². The van der Waals surface area contributed by atoms with E-state index in [0.29, 0.717) is 12.8 Å². The van der Waals surface area contributed by atoms with Gasteiger partial charge < -0.3 is 4.74 Å². The molecule has 0 amide bonds. The molecule has 0 radical (unpaired) electrons. The minimum atomic E-state index is -0.212. The molecule has 0 aliphatic carbocycles. The summed E-state index contributed by atoms with van der Waals surface area (Å²) in [6.45, 7) is 0. The predicted molar refractivity (Wildman–Crippen MR) is 76.3 cm³/mol. The van der Waals surface area contributed by atoms with Gasteiger partial charge in [0.15, 0.2) is 0 Å².